The van der Waals surface area contributed by atoms with Gasteiger partial charge in [-0.2, -0.15) is 0 Å². The Morgan fingerprint density at radius 1 is 1.21 bits per heavy atom. The van der Waals surface area contributed by atoms with Crippen LogP contribution in [0.15, 0.2) is 24.3 Å². The number of ether oxygens (including phenoxy) is 1. The first-order valence-electron chi connectivity index (χ1n) is 11.4. The Morgan fingerprint density at radius 3 is 2.55 bits per heavy atom. The number of piperidine rings is 1. The minimum absolute atomic E-state index is 0.0758. The summed E-state index contributed by atoms with van der Waals surface area (Å²) in [5, 5.41) is 2.84. The van der Waals surface area contributed by atoms with Crippen LogP contribution < -0.4 is 5.32 Å². The zero-order valence-corrected chi connectivity index (χ0v) is 19.7. The molecule has 0 unspecified atom stereocenters. The molecule has 1 aromatic carbocycles. The third-order valence-electron chi connectivity index (χ3n) is 5.95. The number of H-pyrrole nitrogens is 1. The molecule has 7 nitrogen and oxygen atoms in total. The van der Waals surface area contributed by atoms with Crippen molar-refractivity contribution in [3.63, 3.8) is 0 Å². The van der Waals surface area contributed by atoms with Crippen molar-refractivity contribution < 1.29 is 23.5 Å². The van der Waals surface area contributed by atoms with Crippen LogP contribution in [0.1, 0.15) is 70.8 Å². The van der Waals surface area contributed by atoms with Gasteiger partial charge in [0.15, 0.2) is 0 Å². The molecule has 0 saturated carbocycles. The maximum absolute atomic E-state index is 13.3. The highest BCUT2D eigenvalue weighted by atomic mass is 19.1. The molecule has 178 valence electrons. The lowest BCUT2D eigenvalue weighted by Gasteiger charge is -2.31. The predicted molar refractivity (Wildman–Crippen MR) is 122 cm³/mol. The second-order valence-corrected chi connectivity index (χ2v) is 8.93. The van der Waals surface area contributed by atoms with Crippen molar-refractivity contribution in [1.82, 2.24) is 15.2 Å². The number of aromatic amines is 1. The van der Waals surface area contributed by atoms with Crippen LogP contribution in [0.3, 0.4) is 0 Å². The maximum atomic E-state index is 13.3. The van der Waals surface area contributed by atoms with E-state index in [-0.39, 0.29) is 29.7 Å². The average molecular weight is 458 g/mol. The minimum atomic E-state index is -0.432. The number of amides is 2. The largest absolute Gasteiger partial charge is 0.459 e. The SMILES string of the molecule is Cc1[nH]c(C(=O)N2CCC(CC(=O)NCc3cccc(F)c3)CC2)c(C)c1C(=O)OC(C)C. The first-order valence-corrected chi connectivity index (χ1v) is 11.4. The zero-order chi connectivity index (χ0) is 24.1. The van der Waals surface area contributed by atoms with Crippen LogP contribution in [-0.2, 0) is 16.1 Å². The summed E-state index contributed by atoms with van der Waals surface area (Å²) in [7, 11) is 0. The van der Waals surface area contributed by atoms with Crippen LogP contribution in [-0.4, -0.2) is 46.9 Å². The molecule has 8 heteroatoms. The number of benzene rings is 1. The van der Waals surface area contributed by atoms with Crippen molar-refractivity contribution in [2.45, 2.75) is 59.6 Å². The smallest absolute Gasteiger partial charge is 0.340 e. The van der Waals surface area contributed by atoms with E-state index in [0.29, 0.717) is 48.6 Å². The molecule has 2 N–H and O–H groups in total. The summed E-state index contributed by atoms with van der Waals surface area (Å²) in [5.74, 6) is -0.792. The van der Waals surface area contributed by atoms with E-state index in [1.54, 1.807) is 44.7 Å². The molecule has 0 atom stereocenters. The molecule has 1 aliphatic heterocycles. The number of esters is 1. The summed E-state index contributed by atoms with van der Waals surface area (Å²) in [6.45, 7) is 8.47. The van der Waals surface area contributed by atoms with Crippen LogP contribution in [0, 0.1) is 25.6 Å². The molecule has 1 aliphatic rings. The molecule has 1 fully saturated rings. The Balaban J connectivity index is 1.52. The number of aromatic nitrogens is 1. The number of nitrogens with one attached hydrogen (secondary N) is 2. The van der Waals surface area contributed by atoms with Gasteiger partial charge >= 0.3 is 5.97 Å². The Morgan fingerprint density at radius 2 is 1.91 bits per heavy atom. The molecule has 0 bridgehead atoms. The van der Waals surface area contributed by atoms with E-state index < -0.39 is 5.97 Å². The average Bonchev–Trinajstić information content (AvgIpc) is 3.06. The number of nitrogens with zero attached hydrogens (tertiary/aromatic N) is 1. The Kier molecular flexibility index (Phi) is 7.89. The van der Waals surface area contributed by atoms with Crippen molar-refractivity contribution in [1.29, 1.82) is 0 Å². The fourth-order valence-corrected chi connectivity index (χ4v) is 4.22. The number of carbonyl (C=O) groups is 3. The lowest BCUT2D eigenvalue weighted by molar-refractivity contribution is -0.122. The van der Waals surface area contributed by atoms with E-state index in [4.69, 9.17) is 4.74 Å². The number of carbonyl (C=O) groups excluding carboxylic acids is 3. The standard InChI is InChI=1S/C25H32FN3O4/c1-15(2)33-25(32)22-16(3)23(28-17(22)4)24(31)29-10-8-18(9-11-29)13-21(30)27-14-19-6-5-7-20(26)12-19/h5-7,12,15,18,28H,8-11,13-14H2,1-4H3,(H,27,30). The van der Waals surface area contributed by atoms with E-state index in [1.807, 2.05) is 0 Å². The maximum Gasteiger partial charge on any atom is 0.340 e. The van der Waals surface area contributed by atoms with E-state index in [9.17, 15) is 18.8 Å². The van der Waals surface area contributed by atoms with Crippen molar-refractivity contribution in [3.8, 4) is 0 Å². The highest BCUT2D eigenvalue weighted by Gasteiger charge is 2.29. The third kappa shape index (κ3) is 6.21. The molecular weight excluding hydrogens is 425 g/mol. The summed E-state index contributed by atoms with van der Waals surface area (Å²) in [5.41, 5.74) is 2.76. The van der Waals surface area contributed by atoms with Crippen LogP contribution >= 0.6 is 0 Å². The summed E-state index contributed by atoms with van der Waals surface area (Å²) in [6.07, 6.45) is 1.58. The van der Waals surface area contributed by atoms with Crippen molar-refractivity contribution in [2.75, 3.05) is 13.1 Å². The third-order valence-corrected chi connectivity index (χ3v) is 5.95. The molecule has 0 spiro atoms. The second kappa shape index (κ2) is 10.6. The van der Waals surface area contributed by atoms with E-state index in [0.717, 1.165) is 18.4 Å². The number of rotatable bonds is 7. The lowest BCUT2D eigenvalue weighted by atomic mass is 9.93. The Hall–Kier alpha value is -3.16. The van der Waals surface area contributed by atoms with Gasteiger partial charge in [0.05, 0.1) is 11.7 Å². The van der Waals surface area contributed by atoms with Gasteiger partial charge in [0.2, 0.25) is 5.91 Å². The molecule has 2 amide bonds. The fraction of sp³-hybridized carbons (Fsp3) is 0.480. The van der Waals surface area contributed by atoms with E-state index in [1.165, 1.54) is 12.1 Å². The molecule has 1 aromatic heterocycles. The van der Waals surface area contributed by atoms with Gasteiger partial charge in [0.1, 0.15) is 11.5 Å². The molecule has 0 aliphatic carbocycles. The van der Waals surface area contributed by atoms with E-state index >= 15 is 0 Å². The first-order chi connectivity index (χ1) is 15.7. The number of halogens is 1. The van der Waals surface area contributed by atoms with Gasteiger partial charge in [0, 0.05) is 31.7 Å². The van der Waals surface area contributed by atoms with Crippen LogP contribution in [0.5, 0.6) is 0 Å². The molecule has 33 heavy (non-hydrogen) atoms. The lowest BCUT2D eigenvalue weighted by Crippen LogP contribution is -2.40. The van der Waals surface area contributed by atoms with Gasteiger partial charge in [-0.1, -0.05) is 12.1 Å². The van der Waals surface area contributed by atoms with Crippen molar-refractivity contribution in [3.05, 3.63) is 58.2 Å². The second-order valence-electron chi connectivity index (χ2n) is 8.93. The number of hydrogen-bond donors (Lipinski definition) is 2. The van der Waals surface area contributed by atoms with Gasteiger partial charge in [-0.05, 0) is 69.7 Å². The van der Waals surface area contributed by atoms with Crippen LogP contribution in [0.4, 0.5) is 4.39 Å². The van der Waals surface area contributed by atoms with Gasteiger partial charge in [-0.15, -0.1) is 0 Å². The molecule has 2 heterocycles. The molecule has 2 aromatic rings. The minimum Gasteiger partial charge on any atom is -0.459 e. The fourth-order valence-electron chi connectivity index (χ4n) is 4.22. The van der Waals surface area contributed by atoms with Crippen LogP contribution in [0.2, 0.25) is 0 Å². The Labute approximate surface area is 193 Å². The molecular formula is C25H32FN3O4. The number of aryl methyl sites for hydroxylation is 1. The molecule has 3 rings (SSSR count). The zero-order valence-electron chi connectivity index (χ0n) is 19.7. The number of likely N-dealkylation sites (tertiary alicyclic amines) is 1. The Bertz CT molecular complexity index is 1020. The summed E-state index contributed by atoms with van der Waals surface area (Å²) < 4.78 is 18.6. The molecule has 1 saturated heterocycles. The first kappa shape index (κ1) is 24.5. The highest BCUT2D eigenvalue weighted by molar-refractivity contribution is 6.00. The summed E-state index contributed by atoms with van der Waals surface area (Å²) in [6, 6.07) is 6.16. The predicted octanol–water partition coefficient (Wildman–Crippen LogP) is 3.89. The normalized spacial score (nSPS) is 14.4. The topological polar surface area (TPSA) is 91.5 Å². The summed E-state index contributed by atoms with van der Waals surface area (Å²) in [4.78, 5) is 42.6. The van der Waals surface area contributed by atoms with E-state index in [2.05, 4.69) is 10.3 Å². The summed E-state index contributed by atoms with van der Waals surface area (Å²) >= 11 is 0. The highest BCUT2D eigenvalue weighted by Crippen LogP contribution is 2.25. The van der Waals surface area contributed by atoms with Crippen molar-refractivity contribution in [2.24, 2.45) is 5.92 Å². The quantitative estimate of drug-likeness (QED) is 0.617. The monoisotopic (exact) mass is 457 g/mol. The van der Waals surface area contributed by atoms with Crippen molar-refractivity contribution >= 4 is 17.8 Å². The van der Waals surface area contributed by atoms with Gasteiger partial charge in [-0.3, -0.25) is 9.59 Å². The van der Waals surface area contributed by atoms with Crippen LogP contribution in [0.25, 0.3) is 0 Å². The number of hydrogen-bond acceptors (Lipinski definition) is 4. The molecule has 0 radical (unpaired) electrons. The van der Waals surface area contributed by atoms with Gasteiger partial charge in [0.25, 0.3) is 5.91 Å². The van der Waals surface area contributed by atoms with Gasteiger partial charge in [-0.25, -0.2) is 9.18 Å². The van der Waals surface area contributed by atoms with Gasteiger partial charge < -0.3 is 19.9 Å².